The minimum absolute atomic E-state index is 0.0519. The second-order valence-electron chi connectivity index (χ2n) is 4.59. The number of furan rings is 1. The van der Waals surface area contributed by atoms with Gasteiger partial charge in [-0.05, 0) is 38.8 Å². The van der Waals surface area contributed by atoms with E-state index in [-0.39, 0.29) is 23.8 Å². The van der Waals surface area contributed by atoms with Crippen molar-refractivity contribution in [2.75, 3.05) is 0 Å². The summed E-state index contributed by atoms with van der Waals surface area (Å²) in [6.07, 6.45) is 2.60. The van der Waals surface area contributed by atoms with Gasteiger partial charge in [-0.25, -0.2) is 0 Å². The molecule has 1 heterocycles. The molecule has 1 aromatic heterocycles. The van der Waals surface area contributed by atoms with E-state index >= 15 is 0 Å². The fourth-order valence-corrected chi connectivity index (χ4v) is 1.85. The third-order valence-electron chi connectivity index (χ3n) is 2.72. The summed E-state index contributed by atoms with van der Waals surface area (Å²) in [4.78, 5) is 34.3. The number of Topliss-reactive ketones (excluding diaryl/α,β-unsaturated/α-hetero) is 3. The number of ketones is 3. The minimum Gasteiger partial charge on any atom is -0.468 e. The summed E-state index contributed by atoms with van der Waals surface area (Å²) >= 11 is 0. The van der Waals surface area contributed by atoms with Gasteiger partial charge in [-0.1, -0.05) is 0 Å². The summed E-state index contributed by atoms with van der Waals surface area (Å²) < 4.78 is 5.23. The van der Waals surface area contributed by atoms with Gasteiger partial charge < -0.3 is 9.21 Å². The Labute approximate surface area is 106 Å². The first kappa shape index (κ1) is 14.4. The van der Waals surface area contributed by atoms with E-state index in [1.54, 1.807) is 6.07 Å². The SMILES string of the molecule is CC(=O)CCCC(=O)C(C(C)=O)c1cc(C)co1. The van der Waals surface area contributed by atoms with Crippen LogP contribution in [0.4, 0.5) is 0 Å². The van der Waals surface area contributed by atoms with Crippen molar-refractivity contribution in [1.29, 1.82) is 0 Å². The van der Waals surface area contributed by atoms with Crippen molar-refractivity contribution in [3.05, 3.63) is 23.7 Å². The van der Waals surface area contributed by atoms with Crippen molar-refractivity contribution in [1.82, 2.24) is 0 Å². The van der Waals surface area contributed by atoms with E-state index in [4.69, 9.17) is 4.42 Å². The molecule has 0 aliphatic carbocycles. The highest BCUT2D eigenvalue weighted by Crippen LogP contribution is 2.22. The Bertz CT molecular complexity index is 456. The predicted octanol–water partition coefficient (Wildman–Crippen LogP) is 2.59. The highest BCUT2D eigenvalue weighted by molar-refractivity contribution is 6.06. The predicted molar refractivity (Wildman–Crippen MR) is 66.4 cm³/mol. The van der Waals surface area contributed by atoms with Gasteiger partial charge in [0.15, 0.2) is 5.78 Å². The summed E-state index contributed by atoms with van der Waals surface area (Å²) in [5.41, 5.74) is 0.882. The van der Waals surface area contributed by atoms with Crippen LogP contribution in [0.15, 0.2) is 16.7 Å². The molecule has 0 bridgehead atoms. The maximum atomic E-state index is 12.0. The Balaban J connectivity index is 2.71. The van der Waals surface area contributed by atoms with Crippen LogP contribution >= 0.6 is 0 Å². The quantitative estimate of drug-likeness (QED) is 0.698. The number of hydrogen-bond acceptors (Lipinski definition) is 4. The molecule has 1 unspecified atom stereocenters. The molecule has 0 aliphatic heterocycles. The molecule has 0 saturated carbocycles. The van der Waals surface area contributed by atoms with E-state index in [2.05, 4.69) is 0 Å². The molecule has 4 nitrogen and oxygen atoms in total. The first-order valence-corrected chi connectivity index (χ1v) is 5.99. The Morgan fingerprint density at radius 3 is 2.33 bits per heavy atom. The molecule has 4 heteroatoms. The first-order chi connectivity index (χ1) is 8.41. The van der Waals surface area contributed by atoms with E-state index < -0.39 is 5.92 Å². The van der Waals surface area contributed by atoms with E-state index in [0.29, 0.717) is 18.6 Å². The molecule has 0 aromatic carbocycles. The molecule has 0 radical (unpaired) electrons. The summed E-state index contributed by atoms with van der Waals surface area (Å²) in [5.74, 6) is -0.787. The molecule has 0 N–H and O–H groups in total. The molecule has 1 atom stereocenters. The second-order valence-corrected chi connectivity index (χ2v) is 4.59. The molecule has 0 saturated heterocycles. The van der Waals surface area contributed by atoms with Gasteiger partial charge in [0.2, 0.25) is 0 Å². The van der Waals surface area contributed by atoms with E-state index in [1.165, 1.54) is 20.1 Å². The Morgan fingerprint density at radius 1 is 1.22 bits per heavy atom. The van der Waals surface area contributed by atoms with Gasteiger partial charge in [0, 0.05) is 12.8 Å². The molecular formula is C14H18O4. The number of rotatable bonds is 7. The van der Waals surface area contributed by atoms with Crippen molar-refractivity contribution in [3.8, 4) is 0 Å². The standard InChI is InChI=1S/C14H18O4/c1-9-7-13(18-8-9)14(11(3)16)12(17)6-4-5-10(2)15/h7-8,14H,4-6H2,1-3H3. The molecule has 1 rings (SSSR count). The average molecular weight is 250 g/mol. The fraction of sp³-hybridized carbons (Fsp3) is 0.500. The lowest BCUT2D eigenvalue weighted by atomic mass is 9.93. The minimum atomic E-state index is -0.828. The van der Waals surface area contributed by atoms with Crippen LogP contribution in [0.3, 0.4) is 0 Å². The van der Waals surface area contributed by atoms with Gasteiger partial charge in [-0.3, -0.25) is 9.59 Å². The van der Waals surface area contributed by atoms with Gasteiger partial charge >= 0.3 is 0 Å². The largest absolute Gasteiger partial charge is 0.468 e. The van der Waals surface area contributed by atoms with E-state index in [1.807, 2.05) is 6.92 Å². The number of carbonyl (C=O) groups is 3. The zero-order valence-corrected chi connectivity index (χ0v) is 11.0. The maximum absolute atomic E-state index is 12.0. The highest BCUT2D eigenvalue weighted by Gasteiger charge is 2.27. The molecule has 98 valence electrons. The van der Waals surface area contributed by atoms with Crippen LogP contribution in [0.5, 0.6) is 0 Å². The van der Waals surface area contributed by atoms with Crippen molar-refractivity contribution in [3.63, 3.8) is 0 Å². The number of aryl methyl sites for hydroxylation is 1. The lowest BCUT2D eigenvalue weighted by Gasteiger charge is -2.09. The molecule has 0 aliphatic rings. The van der Waals surface area contributed by atoms with Gasteiger partial charge in [-0.15, -0.1) is 0 Å². The van der Waals surface area contributed by atoms with Crippen molar-refractivity contribution < 1.29 is 18.8 Å². The molecule has 18 heavy (non-hydrogen) atoms. The zero-order chi connectivity index (χ0) is 13.7. The van der Waals surface area contributed by atoms with Crippen molar-refractivity contribution in [2.45, 2.75) is 46.0 Å². The van der Waals surface area contributed by atoms with Crippen LogP contribution in [0.1, 0.15) is 50.4 Å². The molecule has 0 amide bonds. The van der Waals surface area contributed by atoms with E-state index in [9.17, 15) is 14.4 Å². The van der Waals surface area contributed by atoms with Crippen LogP contribution in [0.2, 0.25) is 0 Å². The number of hydrogen-bond donors (Lipinski definition) is 0. The van der Waals surface area contributed by atoms with Gasteiger partial charge in [0.25, 0.3) is 0 Å². The zero-order valence-electron chi connectivity index (χ0n) is 11.0. The Hall–Kier alpha value is -1.71. The van der Waals surface area contributed by atoms with Crippen LogP contribution in [0, 0.1) is 6.92 Å². The molecule has 0 fully saturated rings. The van der Waals surface area contributed by atoms with Crippen LogP contribution in [-0.4, -0.2) is 17.3 Å². The lowest BCUT2D eigenvalue weighted by Crippen LogP contribution is -2.19. The number of carbonyl (C=O) groups excluding carboxylic acids is 3. The van der Waals surface area contributed by atoms with Gasteiger partial charge in [0.1, 0.15) is 23.2 Å². The fourth-order valence-electron chi connectivity index (χ4n) is 1.85. The normalized spacial score (nSPS) is 12.2. The van der Waals surface area contributed by atoms with E-state index in [0.717, 1.165) is 5.56 Å². The second kappa shape index (κ2) is 6.28. The van der Waals surface area contributed by atoms with Crippen LogP contribution in [-0.2, 0) is 14.4 Å². The Morgan fingerprint density at radius 2 is 1.89 bits per heavy atom. The maximum Gasteiger partial charge on any atom is 0.150 e. The monoisotopic (exact) mass is 250 g/mol. The third-order valence-corrected chi connectivity index (χ3v) is 2.72. The van der Waals surface area contributed by atoms with Crippen LogP contribution in [0.25, 0.3) is 0 Å². The van der Waals surface area contributed by atoms with Crippen molar-refractivity contribution >= 4 is 17.3 Å². The molecule has 1 aromatic rings. The van der Waals surface area contributed by atoms with Crippen molar-refractivity contribution in [2.24, 2.45) is 0 Å². The molecule has 0 spiro atoms. The summed E-state index contributed by atoms with van der Waals surface area (Å²) in [5, 5.41) is 0. The van der Waals surface area contributed by atoms with Gasteiger partial charge in [-0.2, -0.15) is 0 Å². The highest BCUT2D eigenvalue weighted by atomic mass is 16.3. The van der Waals surface area contributed by atoms with Gasteiger partial charge in [0.05, 0.1) is 6.26 Å². The Kier molecular flexibility index (Phi) is 5.01. The topological polar surface area (TPSA) is 64.3 Å². The smallest absolute Gasteiger partial charge is 0.150 e. The lowest BCUT2D eigenvalue weighted by molar-refractivity contribution is -0.128. The average Bonchev–Trinajstić information content (AvgIpc) is 2.63. The summed E-state index contributed by atoms with van der Waals surface area (Å²) in [7, 11) is 0. The third kappa shape index (κ3) is 3.95. The first-order valence-electron chi connectivity index (χ1n) is 5.99. The summed E-state index contributed by atoms with van der Waals surface area (Å²) in [6.45, 7) is 4.71. The van der Waals surface area contributed by atoms with Crippen LogP contribution < -0.4 is 0 Å². The summed E-state index contributed by atoms with van der Waals surface area (Å²) in [6, 6.07) is 1.70. The molecular weight excluding hydrogens is 232 g/mol.